The highest BCUT2D eigenvalue weighted by molar-refractivity contribution is 5.55. The van der Waals surface area contributed by atoms with Gasteiger partial charge in [0.15, 0.2) is 0 Å². The predicted octanol–water partition coefficient (Wildman–Crippen LogP) is 5.67. The molecule has 0 spiro atoms. The van der Waals surface area contributed by atoms with Crippen molar-refractivity contribution in [2.75, 3.05) is 0 Å². The maximum Gasteiger partial charge on any atom is 0.138 e. The van der Waals surface area contributed by atoms with Crippen molar-refractivity contribution in [3.63, 3.8) is 0 Å². The summed E-state index contributed by atoms with van der Waals surface area (Å²) < 4.78 is 12.0. The minimum Gasteiger partial charge on any atom is -0.486 e. The first-order valence-electron chi connectivity index (χ1n) is 9.11. The smallest absolute Gasteiger partial charge is 0.138 e. The Hall–Kier alpha value is -2.10. The molecule has 0 fully saturated rings. The van der Waals surface area contributed by atoms with Crippen LogP contribution in [0.5, 0.6) is 11.5 Å². The number of nitrogens with zero attached hydrogens (tertiary/aromatic N) is 2. The Labute approximate surface area is 151 Å². The lowest BCUT2D eigenvalue weighted by atomic mass is 10.0. The third-order valence-electron chi connectivity index (χ3n) is 4.84. The molecule has 0 N–H and O–H groups in total. The van der Waals surface area contributed by atoms with Gasteiger partial charge < -0.3 is 9.47 Å². The lowest BCUT2D eigenvalue weighted by molar-refractivity contribution is 0.0798. The zero-order valence-corrected chi connectivity index (χ0v) is 16.3. The quantitative estimate of drug-likeness (QED) is 0.620. The first kappa shape index (κ1) is 19.2. The minimum absolute atomic E-state index is 0.146. The molecule has 136 valence electrons. The number of ether oxygens (including phenoxy) is 2. The summed E-state index contributed by atoms with van der Waals surface area (Å²) in [6.07, 6.45) is 6.38. The Kier molecular flexibility index (Phi) is 6.04. The van der Waals surface area contributed by atoms with E-state index >= 15 is 0 Å². The van der Waals surface area contributed by atoms with Crippen LogP contribution >= 0.6 is 0 Å². The summed E-state index contributed by atoms with van der Waals surface area (Å²) in [5.41, 5.74) is 1.31. The van der Waals surface area contributed by atoms with Crippen molar-refractivity contribution < 1.29 is 9.47 Å². The van der Waals surface area contributed by atoms with E-state index in [4.69, 9.17) is 9.47 Å². The molecular weight excluding hydrogens is 312 g/mol. The van der Waals surface area contributed by atoms with Crippen LogP contribution in [-0.2, 0) is 0 Å². The normalized spacial score (nSPS) is 12.1. The molecule has 4 heteroatoms. The predicted molar refractivity (Wildman–Crippen MR) is 102 cm³/mol. The van der Waals surface area contributed by atoms with Gasteiger partial charge in [-0.1, -0.05) is 20.8 Å². The Morgan fingerprint density at radius 1 is 0.720 bits per heavy atom. The fourth-order valence-corrected chi connectivity index (χ4v) is 2.25. The van der Waals surface area contributed by atoms with Crippen LogP contribution in [0.15, 0.2) is 36.7 Å². The molecule has 2 aromatic heterocycles. The zero-order valence-electron chi connectivity index (χ0n) is 16.3. The maximum absolute atomic E-state index is 6.07. The van der Waals surface area contributed by atoms with Gasteiger partial charge in [-0.05, 0) is 64.3 Å². The number of rotatable bonds is 8. The van der Waals surface area contributed by atoms with E-state index in [0.717, 1.165) is 42.1 Å². The molecule has 2 rings (SSSR count). The third-order valence-corrected chi connectivity index (χ3v) is 4.84. The van der Waals surface area contributed by atoms with Crippen LogP contribution in [0.1, 0.15) is 60.8 Å². The molecule has 0 saturated heterocycles. The standard InChI is InChI=1S/C21H30N2O2/c1-7-20(4,5)24-16-10-12-18(22-14-16)19-13-11-17(15-23-19)25-21(6,8-2)9-3/h10-15H,7-9H2,1-6H3. The van der Waals surface area contributed by atoms with Crippen molar-refractivity contribution in [1.29, 1.82) is 0 Å². The second kappa shape index (κ2) is 7.85. The van der Waals surface area contributed by atoms with E-state index in [-0.39, 0.29) is 11.2 Å². The average molecular weight is 342 g/mol. The minimum atomic E-state index is -0.189. The summed E-state index contributed by atoms with van der Waals surface area (Å²) in [6.45, 7) is 12.6. The lowest BCUT2D eigenvalue weighted by Gasteiger charge is -2.28. The van der Waals surface area contributed by atoms with E-state index < -0.39 is 0 Å². The van der Waals surface area contributed by atoms with Gasteiger partial charge in [-0.3, -0.25) is 9.97 Å². The molecule has 0 amide bonds. The SMILES string of the molecule is CCC(C)(C)Oc1ccc(-c2ccc(OC(C)(CC)CC)cn2)nc1. The number of pyridine rings is 2. The van der Waals surface area contributed by atoms with Gasteiger partial charge in [0.25, 0.3) is 0 Å². The van der Waals surface area contributed by atoms with Gasteiger partial charge in [-0.15, -0.1) is 0 Å². The first-order chi connectivity index (χ1) is 11.8. The molecule has 2 heterocycles. The highest BCUT2D eigenvalue weighted by Crippen LogP contribution is 2.26. The van der Waals surface area contributed by atoms with E-state index in [1.165, 1.54) is 0 Å². The van der Waals surface area contributed by atoms with Crippen LogP contribution in [0.2, 0.25) is 0 Å². The summed E-state index contributed by atoms with van der Waals surface area (Å²) in [7, 11) is 0. The third kappa shape index (κ3) is 5.18. The van der Waals surface area contributed by atoms with Crippen LogP contribution < -0.4 is 9.47 Å². The highest BCUT2D eigenvalue weighted by Gasteiger charge is 2.21. The Bertz CT molecular complexity index is 659. The summed E-state index contributed by atoms with van der Waals surface area (Å²) in [4.78, 5) is 8.97. The highest BCUT2D eigenvalue weighted by atomic mass is 16.5. The number of hydrogen-bond donors (Lipinski definition) is 0. The molecule has 0 radical (unpaired) electrons. The summed E-state index contributed by atoms with van der Waals surface area (Å²) in [6, 6.07) is 7.78. The van der Waals surface area contributed by atoms with Crippen LogP contribution in [0.3, 0.4) is 0 Å². The van der Waals surface area contributed by atoms with Crippen molar-refractivity contribution in [3.8, 4) is 22.9 Å². The molecule has 0 unspecified atom stereocenters. The Balaban J connectivity index is 2.09. The van der Waals surface area contributed by atoms with Gasteiger partial charge in [0.2, 0.25) is 0 Å². The molecule has 0 aromatic carbocycles. The molecule has 4 nitrogen and oxygen atoms in total. The van der Waals surface area contributed by atoms with E-state index in [0.29, 0.717) is 0 Å². The van der Waals surface area contributed by atoms with Crippen molar-refractivity contribution in [3.05, 3.63) is 36.7 Å². The topological polar surface area (TPSA) is 44.2 Å². The Morgan fingerprint density at radius 2 is 1.20 bits per heavy atom. The van der Waals surface area contributed by atoms with Crippen molar-refractivity contribution >= 4 is 0 Å². The average Bonchev–Trinajstić information content (AvgIpc) is 2.63. The van der Waals surface area contributed by atoms with Gasteiger partial charge in [0, 0.05) is 0 Å². The number of hydrogen-bond acceptors (Lipinski definition) is 4. The summed E-state index contributed by atoms with van der Waals surface area (Å²) in [5.74, 6) is 1.57. The fraction of sp³-hybridized carbons (Fsp3) is 0.524. The van der Waals surface area contributed by atoms with Crippen LogP contribution in [0, 0.1) is 0 Å². The monoisotopic (exact) mass is 342 g/mol. The first-order valence-corrected chi connectivity index (χ1v) is 9.11. The van der Waals surface area contributed by atoms with Crippen LogP contribution in [-0.4, -0.2) is 21.2 Å². The van der Waals surface area contributed by atoms with Gasteiger partial charge in [-0.2, -0.15) is 0 Å². The van der Waals surface area contributed by atoms with Crippen LogP contribution in [0.4, 0.5) is 0 Å². The maximum atomic E-state index is 6.07. The van der Waals surface area contributed by atoms with Gasteiger partial charge in [0.1, 0.15) is 22.7 Å². The number of aromatic nitrogens is 2. The summed E-state index contributed by atoms with van der Waals surface area (Å²) in [5, 5.41) is 0. The van der Waals surface area contributed by atoms with Gasteiger partial charge in [-0.25, -0.2) is 0 Å². The molecule has 2 aromatic rings. The molecule has 0 aliphatic carbocycles. The molecular formula is C21H30N2O2. The van der Waals surface area contributed by atoms with Gasteiger partial charge >= 0.3 is 0 Å². The largest absolute Gasteiger partial charge is 0.486 e. The van der Waals surface area contributed by atoms with E-state index in [2.05, 4.69) is 51.5 Å². The van der Waals surface area contributed by atoms with Gasteiger partial charge in [0.05, 0.1) is 23.8 Å². The van der Waals surface area contributed by atoms with E-state index in [1.807, 2.05) is 24.3 Å². The molecule has 0 bridgehead atoms. The molecule has 0 saturated carbocycles. The van der Waals surface area contributed by atoms with Crippen molar-refractivity contribution in [2.24, 2.45) is 0 Å². The van der Waals surface area contributed by atoms with Crippen LogP contribution in [0.25, 0.3) is 11.4 Å². The zero-order chi connectivity index (χ0) is 18.5. The van der Waals surface area contributed by atoms with E-state index in [9.17, 15) is 0 Å². The summed E-state index contributed by atoms with van der Waals surface area (Å²) >= 11 is 0. The molecule has 0 aliphatic rings. The molecule has 0 aliphatic heterocycles. The molecule has 25 heavy (non-hydrogen) atoms. The Morgan fingerprint density at radius 3 is 1.56 bits per heavy atom. The van der Waals surface area contributed by atoms with E-state index in [1.54, 1.807) is 12.4 Å². The fourth-order valence-electron chi connectivity index (χ4n) is 2.25. The second-order valence-electron chi connectivity index (χ2n) is 7.23. The van der Waals surface area contributed by atoms with Crippen molar-refractivity contribution in [1.82, 2.24) is 9.97 Å². The lowest BCUT2D eigenvalue weighted by Crippen LogP contribution is -2.30. The molecule has 0 atom stereocenters. The second-order valence-corrected chi connectivity index (χ2v) is 7.23. The van der Waals surface area contributed by atoms with Crippen molar-refractivity contribution in [2.45, 2.75) is 72.0 Å².